The average Bonchev–Trinajstić information content (AvgIpc) is 3.33. The third-order valence-electron chi connectivity index (χ3n) is 5.23. The fourth-order valence-electron chi connectivity index (χ4n) is 3.92. The van der Waals surface area contributed by atoms with E-state index in [9.17, 15) is 4.79 Å². The molecule has 0 unspecified atom stereocenters. The van der Waals surface area contributed by atoms with Crippen molar-refractivity contribution in [1.29, 1.82) is 0 Å². The van der Waals surface area contributed by atoms with Crippen LogP contribution in [0.4, 0.5) is 0 Å². The van der Waals surface area contributed by atoms with Crippen molar-refractivity contribution < 1.29 is 14.3 Å². The van der Waals surface area contributed by atoms with Gasteiger partial charge in [0.05, 0.1) is 38.1 Å². The SMILES string of the molecule is COc1ccc(CC(=O)N2CCC[C@H]2c2ccnc3cc(C)nn23)cc1OC. The number of aromatic nitrogens is 3. The number of carbonyl (C=O) groups is 1. The first-order valence-electron chi connectivity index (χ1n) is 9.42. The molecule has 0 spiro atoms. The van der Waals surface area contributed by atoms with E-state index in [1.54, 1.807) is 20.4 Å². The average molecular weight is 380 g/mol. The van der Waals surface area contributed by atoms with Crippen LogP contribution in [0.5, 0.6) is 11.5 Å². The Kier molecular flexibility index (Phi) is 4.90. The number of fused-ring (bicyclic) bond motifs is 1. The molecule has 1 aromatic carbocycles. The molecule has 4 rings (SSSR count). The first kappa shape index (κ1) is 18.3. The highest BCUT2D eigenvalue weighted by Crippen LogP contribution is 2.33. The van der Waals surface area contributed by atoms with Gasteiger partial charge in [0.2, 0.25) is 5.91 Å². The van der Waals surface area contributed by atoms with Gasteiger partial charge in [0.25, 0.3) is 0 Å². The van der Waals surface area contributed by atoms with Gasteiger partial charge < -0.3 is 14.4 Å². The van der Waals surface area contributed by atoms with Crippen molar-refractivity contribution in [2.24, 2.45) is 0 Å². The number of rotatable bonds is 5. The summed E-state index contributed by atoms with van der Waals surface area (Å²) in [4.78, 5) is 19.4. The van der Waals surface area contributed by atoms with Gasteiger partial charge in [-0.05, 0) is 43.5 Å². The van der Waals surface area contributed by atoms with Crippen LogP contribution in [-0.4, -0.2) is 46.2 Å². The van der Waals surface area contributed by atoms with Gasteiger partial charge in [0.1, 0.15) is 0 Å². The van der Waals surface area contributed by atoms with E-state index in [-0.39, 0.29) is 11.9 Å². The predicted octanol–water partition coefficient (Wildman–Crippen LogP) is 2.96. The second-order valence-corrected chi connectivity index (χ2v) is 7.04. The van der Waals surface area contributed by atoms with Crippen LogP contribution < -0.4 is 9.47 Å². The van der Waals surface area contributed by atoms with Crippen LogP contribution in [0.2, 0.25) is 0 Å². The fraction of sp³-hybridized carbons (Fsp3) is 0.381. The molecule has 3 aromatic rings. The third-order valence-corrected chi connectivity index (χ3v) is 5.23. The first-order chi connectivity index (χ1) is 13.6. The molecule has 1 saturated heterocycles. The molecular weight excluding hydrogens is 356 g/mol. The Morgan fingerprint density at radius 2 is 2.00 bits per heavy atom. The topological polar surface area (TPSA) is 69.0 Å². The molecule has 0 aliphatic carbocycles. The normalized spacial score (nSPS) is 16.5. The lowest BCUT2D eigenvalue weighted by molar-refractivity contribution is -0.131. The molecule has 1 aliphatic rings. The molecule has 1 aliphatic heterocycles. The van der Waals surface area contributed by atoms with Crippen molar-refractivity contribution in [3.63, 3.8) is 0 Å². The summed E-state index contributed by atoms with van der Waals surface area (Å²) in [5, 5.41) is 4.56. The Labute approximate surface area is 163 Å². The summed E-state index contributed by atoms with van der Waals surface area (Å²) in [6, 6.07) is 9.54. The fourth-order valence-corrected chi connectivity index (χ4v) is 3.92. The van der Waals surface area contributed by atoms with Crippen molar-refractivity contribution in [3.05, 3.63) is 53.5 Å². The summed E-state index contributed by atoms with van der Waals surface area (Å²) in [7, 11) is 3.20. The van der Waals surface area contributed by atoms with Gasteiger partial charge in [-0.15, -0.1) is 0 Å². The largest absolute Gasteiger partial charge is 0.493 e. The van der Waals surface area contributed by atoms with Crippen LogP contribution in [0.25, 0.3) is 5.65 Å². The zero-order valence-corrected chi connectivity index (χ0v) is 16.4. The highest BCUT2D eigenvalue weighted by atomic mass is 16.5. The summed E-state index contributed by atoms with van der Waals surface area (Å²) in [6.07, 6.45) is 4.02. The summed E-state index contributed by atoms with van der Waals surface area (Å²) < 4.78 is 12.5. The standard InChI is InChI=1S/C21H24N4O3/c1-14-11-20-22-9-8-17(25(20)23-14)16-5-4-10-24(16)21(26)13-15-6-7-18(27-2)19(12-15)28-3/h6-9,11-12,16H,4-5,10,13H2,1-3H3/t16-/m0/s1. The van der Waals surface area contributed by atoms with Crippen molar-refractivity contribution in [3.8, 4) is 11.5 Å². The van der Waals surface area contributed by atoms with Crippen LogP contribution in [0, 0.1) is 6.92 Å². The zero-order chi connectivity index (χ0) is 19.7. The van der Waals surface area contributed by atoms with E-state index in [0.29, 0.717) is 17.9 Å². The van der Waals surface area contributed by atoms with Gasteiger partial charge >= 0.3 is 0 Å². The second kappa shape index (κ2) is 7.50. The first-order valence-corrected chi connectivity index (χ1v) is 9.42. The Hall–Kier alpha value is -3.09. The maximum absolute atomic E-state index is 13.1. The van der Waals surface area contributed by atoms with Crippen molar-refractivity contribution in [2.45, 2.75) is 32.2 Å². The molecule has 28 heavy (non-hydrogen) atoms. The lowest BCUT2D eigenvalue weighted by Gasteiger charge is -2.25. The minimum Gasteiger partial charge on any atom is -0.493 e. The highest BCUT2D eigenvalue weighted by molar-refractivity contribution is 5.79. The Bertz CT molecular complexity index is 1010. The predicted molar refractivity (Wildman–Crippen MR) is 105 cm³/mol. The summed E-state index contributed by atoms with van der Waals surface area (Å²) in [5.41, 5.74) is 3.65. The lowest BCUT2D eigenvalue weighted by atomic mass is 10.1. The van der Waals surface area contributed by atoms with Gasteiger partial charge in [-0.2, -0.15) is 5.10 Å². The monoisotopic (exact) mass is 380 g/mol. The van der Waals surface area contributed by atoms with Gasteiger partial charge in [-0.1, -0.05) is 6.07 Å². The quantitative estimate of drug-likeness (QED) is 0.681. The molecule has 1 amide bonds. The van der Waals surface area contributed by atoms with E-state index >= 15 is 0 Å². The number of hydrogen-bond donors (Lipinski definition) is 0. The zero-order valence-electron chi connectivity index (χ0n) is 16.4. The second-order valence-electron chi connectivity index (χ2n) is 7.04. The molecular formula is C21H24N4O3. The number of hydrogen-bond acceptors (Lipinski definition) is 5. The summed E-state index contributed by atoms with van der Waals surface area (Å²) in [6.45, 7) is 2.70. The number of carbonyl (C=O) groups excluding carboxylic acids is 1. The number of aryl methyl sites for hydroxylation is 1. The molecule has 1 atom stereocenters. The van der Waals surface area contributed by atoms with E-state index in [1.165, 1.54) is 0 Å². The highest BCUT2D eigenvalue weighted by Gasteiger charge is 2.32. The molecule has 0 N–H and O–H groups in total. The van der Waals surface area contributed by atoms with Gasteiger partial charge in [-0.3, -0.25) is 4.79 Å². The molecule has 3 heterocycles. The molecule has 7 nitrogen and oxygen atoms in total. The molecule has 7 heteroatoms. The van der Waals surface area contributed by atoms with Gasteiger partial charge in [-0.25, -0.2) is 9.50 Å². The Morgan fingerprint density at radius 3 is 2.79 bits per heavy atom. The minimum absolute atomic E-state index is 0.0115. The van der Waals surface area contributed by atoms with Crippen LogP contribution in [0.15, 0.2) is 36.5 Å². The lowest BCUT2D eigenvalue weighted by Crippen LogP contribution is -2.32. The third kappa shape index (κ3) is 3.28. The maximum atomic E-state index is 13.1. The van der Waals surface area contributed by atoms with E-state index in [0.717, 1.165) is 42.0 Å². The molecule has 0 saturated carbocycles. The molecule has 1 fully saturated rings. The summed E-state index contributed by atoms with van der Waals surface area (Å²) >= 11 is 0. The van der Waals surface area contributed by atoms with Crippen LogP contribution in [0.3, 0.4) is 0 Å². The van der Waals surface area contributed by atoms with E-state index < -0.39 is 0 Å². The maximum Gasteiger partial charge on any atom is 0.227 e. The van der Waals surface area contributed by atoms with E-state index in [2.05, 4.69) is 10.1 Å². The molecule has 0 radical (unpaired) electrons. The van der Waals surface area contributed by atoms with Gasteiger partial charge in [0, 0.05) is 18.8 Å². The number of amides is 1. The molecule has 2 aromatic heterocycles. The Morgan fingerprint density at radius 1 is 1.18 bits per heavy atom. The molecule has 146 valence electrons. The Balaban J connectivity index is 1.59. The van der Waals surface area contributed by atoms with E-state index in [4.69, 9.17) is 9.47 Å². The molecule has 0 bridgehead atoms. The van der Waals surface area contributed by atoms with Crippen molar-refractivity contribution >= 4 is 11.6 Å². The summed E-state index contributed by atoms with van der Waals surface area (Å²) in [5.74, 6) is 1.39. The number of likely N-dealkylation sites (tertiary alicyclic amines) is 1. The van der Waals surface area contributed by atoms with Crippen molar-refractivity contribution in [1.82, 2.24) is 19.5 Å². The minimum atomic E-state index is 0.0115. The smallest absolute Gasteiger partial charge is 0.227 e. The number of methoxy groups -OCH3 is 2. The van der Waals surface area contributed by atoms with Crippen molar-refractivity contribution in [2.75, 3.05) is 20.8 Å². The van der Waals surface area contributed by atoms with E-state index in [1.807, 2.05) is 46.7 Å². The van der Waals surface area contributed by atoms with Gasteiger partial charge in [0.15, 0.2) is 17.1 Å². The van der Waals surface area contributed by atoms with Crippen LogP contribution >= 0.6 is 0 Å². The number of benzene rings is 1. The van der Waals surface area contributed by atoms with Crippen LogP contribution in [-0.2, 0) is 11.2 Å². The number of ether oxygens (including phenoxy) is 2. The number of nitrogens with zero attached hydrogens (tertiary/aromatic N) is 4. The van der Waals surface area contributed by atoms with Crippen LogP contribution in [0.1, 0.15) is 35.8 Å².